The molecule has 0 spiro atoms. The predicted molar refractivity (Wildman–Crippen MR) is 81.7 cm³/mol. The van der Waals surface area contributed by atoms with Gasteiger partial charge in [-0.1, -0.05) is 29.8 Å². The lowest BCUT2D eigenvalue weighted by Gasteiger charge is -2.16. The third-order valence-corrected chi connectivity index (χ3v) is 3.28. The lowest BCUT2D eigenvalue weighted by Crippen LogP contribution is -2.45. The van der Waals surface area contributed by atoms with E-state index in [4.69, 9.17) is 5.73 Å². The van der Waals surface area contributed by atoms with Crippen molar-refractivity contribution in [2.45, 2.75) is 19.4 Å². The average molecular weight is 300 g/mol. The number of nitrogens with two attached hydrogens (primary N) is 1. The van der Waals surface area contributed by atoms with E-state index in [-0.39, 0.29) is 5.56 Å². The molecule has 114 valence electrons. The van der Waals surface area contributed by atoms with E-state index in [1.165, 1.54) is 24.3 Å². The second-order valence-electron chi connectivity index (χ2n) is 5.13. The SMILES string of the molecule is Cc1cccc(C[C@H](NC(=O)c2ccc(F)cc2)C(N)=O)c1. The molecule has 0 aliphatic rings. The van der Waals surface area contributed by atoms with Crippen LogP contribution >= 0.6 is 0 Å². The Kier molecular flexibility index (Phi) is 4.88. The van der Waals surface area contributed by atoms with Crippen LogP contribution in [0.4, 0.5) is 4.39 Å². The van der Waals surface area contributed by atoms with Gasteiger partial charge < -0.3 is 11.1 Å². The number of aryl methyl sites for hydroxylation is 1. The zero-order valence-electron chi connectivity index (χ0n) is 12.2. The normalized spacial score (nSPS) is 11.7. The highest BCUT2D eigenvalue weighted by atomic mass is 19.1. The molecule has 0 unspecified atom stereocenters. The number of amides is 2. The number of nitrogens with one attached hydrogen (secondary N) is 1. The number of halogens is 1. The van der Waals surface area contributed by atoms with Crippen molar-refractivity contribution in [3.05, 3.63) is 71.0 Å². The molecule has 2 aromatic rings. The minimum Gasteiger partial charge on any atom is -0.368 e. The van der Waals surface area contributed by atoms with Crippen LogP contribution in [0.15, 0.2) is 48.5 Å². The van der Waals surface area contributed by atoms with E-state index in [0.717, 1.165) is 11.1 Å². The summed E-state index contributed by atoms with van der Waals surface area (Å²) in [6, 6.07) is 11.9. The van der Waals surface area contributed by atoms with Gasteiger partial charge in [-0.2, -0.15) is 0 Å². The number of hydrogen-bond donors (Lipinski definition) is 2. The van der Waals surface area contributed by atoms with Crippen LogP contribution in [-0.2, 0) is 11.2 Å². The molecule has 5 heteroatoms. The maximum absolute atomic E-state index is 12.9. The van der Waals surface area contributed by atoms with E-state index in [2.05, 4.69) is 5.32 Å². The first kappa shape index (κ1) is 15.7. The van der Waals surface area contributed by atoms with E-state index in [9.17, 15) is 14.0 Å². The molecule has 2 aromatic carbocycles. The van der Waals surface area contributed by atoms with E-state index in [0.29, 0.717) is 6.42 Å². The van der Waals surface area contributed by atoms with E-state index >= 15 is 0 Å². The van der Waals surface area contributed by atoms with E-state index < -0.39 is 23.7 Å². The summed E-state index contributed by atoms with van der Waals surface area (Å²) in [6.07, 6.45) is 0.309. The van der Waals surface area contributed by atoms with Crippen LogP contribution in [0.3, 0.4) is 0 Å². The van der Waals surface area contributed by atoms with Crippen molar-refractivity contribution in [3.63, 3.8) is 0 Å². The highest BCUT2D eigenvalue weighted by molar-refractivity contribution is 5.97. The smallest absolute Gasteiger partial charge is 0.251 e. The third kappa shape index (κ3) is 4.15. The average Bonchev–Trinajstić information content (AvgIpc) is 2.47. The van der Waals surface area contributed by atoms with Gasteiger partial charge in [0.1, 0.15) is 11.9 Å². The molecule has 0 aromatic heterocycles. The minimum atomic E-state index is -0.820. The van der Waals surface area contributed by atoms with Gasteiger partial charge in [-0.25, -0.2) is 4.39 Å². The van der Waals surface area contributed by atoms with Crippen molar-refractivity contribution in [1.29, 1.82) is 0 Å². The van der Waals surface area contributed by atoms with Crippen LogP contribution in [-0.4, -0.2) is 17.9 Å². The van der Waals surface area contributed by atoms with Crippen molar-refractivity contribution in [2.75, 3.05) is 0 Å². The molecule has 0 saturated carbocycles. The first-order valence-electron chi connectivity index (χ1n) is 6.87. The Balaban J connectivity index is 2.10. The van der Waals surface area contributed by atoms with Crippen LogP contribution < -0.4 is 11.1 Å². The van der Waals surface area contributed by atoms with Gasteiger partial charge >= 0.3 is 0 Å². The summed E-state index contributed by atoms with van der Waals surface area (Å²) in [5.74, 6) is -1.50. The van der Waals surface area contributed by atoms with Gasteiger partial charge in [0.05, 0.1) is 0 Å². The maximum atomic E-state index is 12.9. The molecule has 0 saturated heterocycles. The molecular formula is C17H17FN2O2. The number of primary amides is 1. The van der Waals surface area contributed by atoms with Gasteiger partial charge in [-0.15, -0.1) is 0 Å². The van der Waals surface area contributed by atoms with Crippen LogP contribution in [0.25, 0.3) is 0 Å². The van der Waals surface area contributed by atoms with Gasteiger partial charge in [0, 0.05) is 12.0 Å². The summed E-state index contributed by atoms with van der Waals surface area (Å²) in [7, 11) is 0. The highest BCUT2D eigenvalue weighted by Gasteiger charge is 2.19. The van der Waals surface area contributed by atoms with E-state index in [1.54, 1.807) is 0 Å². The molecule has 0 fully saturated rings. The number of benzene rings is 2. The lowest BCUT2D eigenvalue weighted by molar-refractivity contribution is -0.119. The van der Waals surface area contributed by atoms with Crippen LogP contribution in [0.2, 0.25) is 0 Å². The first-order chi connectivity index (χ1) is 10.5. The van der Waals surface area contributed by atoms with Gasteiger partial charge in [0.2, 0.25) is 5.91 Å². The zero-order chi connectivity index (χ0) is 16.1. The predicted octanol–water partition coefficient (Wildman–Crippen LogP) is 1.96. The molecule has 1 atom stereocenters. The largest absolute Gasteiger partial charge is 0.368 e. The second-order valence-corrected chi connectivity index (χ2v) is 5.13. The van der Waals surface area contributed by atoms with Crippen molar-refractivity contribution < 1.29 is 14.0 Å². The lowest BCUT2D eigenvalue weighted by atomic mass is 10.0. The van der Waals surface area contributed by atoms with Gasteiger partial charge in [-0.3, -0.25) is 9.59 Å². The van der Waals surface area contributed by atoms with Gasteiger partial charge in [0.25, 0.3) is 5.91 Å². The van der Waals surface area contributed by atoms with Gasteiger partial charge in [-0.05, 0) is 36.8 Å². The molecule has 3 N–H and O–H groups in total. The Labute approximate surface area is 128 Å². The van der Waals surface area contributed by atoms with E-state index in [1.807, 2.05) is 31.2 Å². The van der Waals surface area contributed by atoms with Crippen molar-refractivity contribution in [2.24, 2.45) is 5.73 Å². The molecule has 0 heterocycles. The number of carbonyl (C=O) groups is 2. The highest BCUT2D eigenvalue weighted by Crippen LogP contribution is 2.08. The molecule has 4 nitrogen and oxygen atoms in total. The second kappa shape index (κ2) is 6.85. The summed E-state index contributed by atoms with van der Waals surface area (Å²) in [4.78, 5) is 23.6. The summed E-state index contributed by atoms with van der Waals surface area (Å²) in [5.41, 5.74) is 7.60. The zero-order valence-corrected chi connectivity index (χ0v) is 12.2. The maximum Gasteiger partial charge on any atom is 0.251 e. The molecule has 0 aliphatic carbocycles. The molecule has 0 bridgehead atoms. The molecular weight excluding hydrogens is 283 g/mol. The number of hydrogen-bond acceptors (Lipinski definition) is 2. The number of carbonyl (C=O) groups excluding carboxylic acids is 2. The minimum absolute atomic E-state index is 0.275. The first-order valence-corrected chi connectivity index (χ1v) is 6.87. The molecule has 22 heavy (non-hydrogen) atoms. The summed E-state index contributed by atoms with van der Waals surface area (Å²) >= 11 is 0. The Bertz CT molecular complexity index is 683. The summed E-state index contributed by atoms with van der Waals surface area (Å²) < 4.78 is 12.9. The standard InChI is InChI=1S/C17H17FN2O2/c1-11-3-2-4-12(9-11)10-15(16(19)21)20-17(22)13-5-7-14(18)8-6-13/h2-9,15H,10H2,1H3,(H2,19,21)(H,20,22)/t15-/m0/s1. The Hall–Kier alpha value is -2.69. The fourth-order valence-corrected chi connectivity index (χ4v) is 2.14. The van der Waals surface area contributed by atoms with Crippen LogP contribution in [0, 0.1) is 12.7 Å². The molecule has 2 amide bonds. The van der Waals surface area contributed by atoms with Crippen molar-refractivity contribution in [1.82, 2.24) is 5.32 Å². The monoisotopic (exact) mass is 300 g/mol. The van der Waals surface area contributed by atoms with Crippen LogP contribution in [0.1, 0.15) is 21.5 Å². The van der Waals surface area contributed by atoms with Crippen molar-refractivity contribution in [3.8, 4) is 0 Å². The molecule has 2 rings (SSSR count). The van der Waals surface area contributed by atoms with Gasteiger partial charge in [0.15, 0.2) is 0 Å². The molecule has 0 radical (unpaired) electrons. The molecule has 0 aliphatic heterocycles. The number of rotatable bonds is 5. The third-order valence-electron chi connectivity index (χ3n) is 3.28. The Morgan fingerprint density at radius 1 is 1.18 bits per heavy atom. The fraction of sp³-hybridized carbons (Fsp3) is 0.176. The Morgan fingerprint density at radius 3 is 2.45 bits per heavy atom. The quantitative estimate of drug-likeness (QED) is 0.886. The Morgan fingerprint density at radius 2 is 1.86 bits per heavy atom. The van der Waals surface area contributed by atoms with Crippen LogP contribution in [0.5, 0.6) is 0 Å². The summed E-state index contributed by atoms with van der Waals surface area (Å²) in [5, 5.41) is 2.58. The fourth-order valence-electron chi connectivity index (χ4n) is 2.14. The summed E-state index contributed by atoms with van der Waals surface area (Å²) in [6.45, 7) is 1.94. The van der Waals surface area contributed by atoms with Crippen molar-refractivity contribution >= 4 is 11.8 Å². The topological polar surface area (TPSA) is 72.2 Å².